The number of hydrogen-bond donors (Lipinski definition) is 1. The number of aryl methyl sites for hydroxylation is 1. The van der Waals surface area contributed by atoms with Crippen LogP contribution in [0.5, 0.6) is 0 Å². The zero-order chi connectivity index (χ0) is 11.8. The minimum Gasteiger partial charge on any atom is -0.383 e. The number of ether oxygens (including phenoxy) is 1. The molecule has 3 nitrogen and oxygen atoms in total. The van der Waals surface area contributed by atoms with E-state index in [4.69, 9.17) is 4.74 Å². The van der Waals surface area contributed by atoms with Crippen LogP contribution in [0.3, 0.4) is 0 Å². The number of nitrogens with zero attached hydrogens (tertiary/aromatic N) is 1. The highest BCUT2D eigenvalue weighted by Gasteiger charge is 2.14. The molecule has 1 aromatic rings. The maximum atomic E-state index is 5.25. The first kappa shape index (κ1) is 13.1. The number of pyridine rings is 1. The van der Waals surface area contributed by atoms with E-state index < -0.39 is 0 Å². The molecule has 0 amide bonds. The molecule has 0 spiro atoms. The molecule has 0 aliphatic heterocycles. The van der Waals surface area contributed by atoms with Crippen LogP contribution in [-0.4, -0.2) is 25.2 Å². The lowest BCUT2D eigenvalue weighted by molar-refractivity contribution is 0.165. The average Bonchev–Trinajstić information content (AvgIpc) is 2.34. The van der Waals surface area contributed by atoms with Crippen molar-refractivity contribution in [1.82, 2.24) is 10.3 Å². The molecule has 0 radical (unpaired) electrons. The second kappa shape index (κ2) is 7.36. The Morgan fingerprint density at radius 1 is 1.44 bits per heavy atom. The Balaban J connectivity index is 2.81. The molecular weight excluding hydrogens is 200 g/mol. The van der Waals surface area contributed by atoms with Gasteiger partial charge in [-0.2, -0.15) is 0 Å². The highest BCUT2D eigenvalue weighted by molar-refractivity contribution is 5.22. The quantitative estimate of drug-likeness (QED) is 0.769. The van der Waals surface area contributed by atoms with Crippen LogP contribution in [0.4, 0.5) is 0 Å². The predicted molar refractivity (Wildman–Crippen MR) is 66.5 cm³/mol. The Bertz CT molecular complexity index is 302. The van der Waals surface area contributed by atoms with Crippen molar-refractivity contribution in [3.8, 4) is 0 Å². The molecule has 90 valence electrons. The van der Waals surface area contributed by atoms with Gasteiger partial charge in [-0.1, -0.05) is 19.9 Å². The summed E-state index contributed by atoms with van der Waals surface area (Å²) in [5.41, 5.74) is 2.42. The lowest BCUT2D eigenvalue weighted by Gasteiger charge is -2.19. The molecule has 1 aromatic heterocycles. The lowest BCUT2D eigenvalue weighted by atomic mass is 10.1. The van der Waals surface area contributed by atoms with Crippen LogP contribution in [-0.2, 0) is 11.2 Å². The van der Waals surface area contributed by atoms with Crippen molar-refractivity contribution >= 4 is 0 Å². The van der Waals surface area contributed by atoms with Crippen molar-refractivity contribution in [2.45, 2.75) is 32.7 Å². The molecule has 0 aliphatic rings. The number of rotatable bonds is 7. The SMILES string of the molecule is CCCNC(COC)c1ncccc1CC. The van der Waals surface area contributed by atoms with Gasteiger partial charge >= 0.3 is 0 Å². The summed E-state index contributed by atoms with van der Waals surface area (Å²) in [7, 11) is 1.73. The van der Waals surface area contributed by atoms with Crippen molar-refractivity contribution in [1.29, 1.82) is 0 Å². The standard InChI is InChI=1S/C13H22N2O/c1-4-8-14-12(10-16-3)13-11(5-2)7-6-9-15-13/h6-7,9,12,14H,4-5,8,10H2,1-3H3. The van der Waals surface area contributed by atoms with E-state index in [-0.39, 0.29) is 6.04 Å². The molecule has 1 rings (SSSR count). The summed E-state index contributed by atoms with van der Waals surface area (Å²) >= 11 is 0. The number of hydrogen-bond acceptors (Lipinski definition) is 3. The van der Waals surface area contributed by atoms with Crippen molar-refractivity contribution in [3.05, 3.63) is 29.6 Å². The Labute approximate surface area is 98.2 Å². The Hall–Kier alpha value is -0.930. The summed E-state index contributed by atoms with van der Waals surface area (Å²) in [5, 5.41) is 3.47. The van der Waals surface area contributed by atoms with Gasteiger partial charge in [0, 0.05) is 13.3 Å². The first-order valence-corrected chi connectivity index (χ1v) is 5.99. The molecule has 0 saturated heterocycles. The molecule has 1 heterocycles. The minimum absolute atomic E-state index is 0.209. The summed E-state index contributed by atoms with van der Waals surface area (Å²) in [4.78, 5) is 4.48. The van der Waals surface area contributed by atoms with E-state index >= 15 is 0 Å². The summed E-state index contributed by atoms with van der Waals surface area (Å²) in [6.07, 6.45) is 3.98. The Morgan fingerprint density at radius 2 is 2.25 bits per heavy atom. The van der Waals surface area contributed by atoms with E-state index in [1.54, 1.807) is 7.11 Å². The molecule has 0 saturated carbocycles. The van der Waals surface area contributed by atoms with Crippen LogP contribution in [0, 0.1) is 0 Å². The maximum absolute atomic E-state index is 5.25. The first-order chi connectivity index (χ1) is 7.83. The number of nitrogens with one attached hydrogen (secondary N) is 1. The molecule has 1 atom stereocenters. The van der Waals surface area contributed by atoms with Gasteiger partial charge in [0.2, 0.25) is 0 Å². The Kier molecular flexibility index (Phi) is 6.04. The highest BCUT2D eigenvalue weighted by atomic mass is 16.5. The normalized spacial score (nSPS) is 12.7. The van der Waals surface area contributed by atoms with E-state index in [0.717, 1.165) is 25.1 Å². The van der Waals surface area contributed by atoms with Gasteiger partial charge in [0.15, 0.2) is 0 Å². The summed E-state index contributed by atoms with van der Waals surface area (Å²) in [5.74, 6) is 0. The van der Waals surface area contributed by atoms with Crippen molar-refractivity contribution in [2.24, 2.45) is 0 Å². The maximum Gasteiger partial charge on any atom is 0.0735 e. The van der Waals surface area contributed by atoms with E-state index in [0.29, 0.717) is 6.61 Å². The fourth-order valence-electron chi connectivity index (χ4n) is 1.78. The number of methoxy groups -OCH3 is 1. The van der Waals surface area contributed by atoms with Gasteiger partial charge in [-0.25, -0.2) is 0 Å². The zero-order valence-corrected chi connectivity index (χ0v) is 10.5. The molecule has 1 N–H and O–H groups in total. The van der Waals surface area contributed by atoms with Crippen molar-refractivity contribution in [2.75, 3.05) is 20.3 Å². The lowest BCUT2D eigenvalue weighted by Crippen LogP contribution is -2.27. The third-order valence-corrected chi connectivity index (χ3v) is 2.61. The van der Waals surface area contributed by atoms with Crippen LogP contribution >= 0.6 is 0 Å². The molecule has 1 unspecified atom stereocenters. The monoisotopic (exact) mass is 222 g/mol. The van der Waals surface area contributed by atoms with Crippen molar-refractivity contribution < 1.29 is 4.74 Å². The summed E-state index contributed by atoms with van der Waals surface area (Å²) in [6.45, 7) is 5.98. The van der Waals surface area contributed by atoms with E-state index in [2.05, 4.69) is 30.2 Å². The van der Waals surface area contributed by atoms with Gasteiger partial charge in [-0.3, -0.25) is 4.98 Å². The third kappa shape index (κ3) is 3.58. The van der Waals surface area contributed by atoms with Gasteiger partial charge in [0.1, 0.15) is 0 Å². The first-order valence-electron chi connectivity index (χ1n) is 5.99. The molecular formula is C13H22N2O. The van der Waals surface area contributed by atoms with Gasteiger partial charge < -0.3 is 10.1 Å². The second-order valence-corrected chi connectivity index (χ2v) is 3.86. The van der Waals surface area contributed by atoms with Crippen LogP contribution in [0.25, 0.3) is 0 Å². The van der Waals surface area contributed by atoms with Gasteiger partial charge in [-0.15, -0.1) is 0 Å². The Morgan fingerprint density at radius 3 is 2.88 bits per heavy atom. The van der Waals surface area contributed by atoms with Crippen LogP contribution < -0.4 is 5.32 Å². The predicted octanol–water partition coefficient (Wildman–Crippen LogP) is 2.33. The van der Waals surface area contributed by atoms with Crippen LogP contribution in [0.15, 0.2) is 18.3 Å². The molecule has 0 aliphatic carbocycles. The third-order valence-electron chi connectivity index (χ3n) is 2.61. The van der Waals surface area contributed by atoms with E-state index in [1.165, 1.54) is 5.56 Å². The fraction of sp³-hybridized carbons (Fsp3) is 0.615. The molecule has 0 aromatic carbocycles. The highest BCUT2D eigenvalue weighted by Crippen LogP contribution is 2.16. The fourth-order valence-corrected chi connectivity index (χ4v) is 1.78. The zero-order valence-electron chi connectivity index (χ0n) is 10.5. The molecule has 16 heavy (non-hydrogen) atoms. The number of aromatic nitrogens is 1. The minimum atomic E-state index is 0.209. The van der Waals surface area contributed by atoms with Gasteiger partial charge in [0.05, 0.1) is 18.3 Å². The summed E-state index contributed by atoms with van der Waals surface area (Å²) < 4.78 is 5.25. The molecule has 3 heteroatoms. The molecule has 0 fully saturated rings. The second-order valence-electron chi connectivity index (χ2n) is 3.86. The van der Waals surface area contributed by atoms with Crippen LogP contribution in [0.1, 0.15) is 37.6 Å². The van der Waals surface area contributed by atoms with Gasteiger partial charge in [0.25, 0.3) is 0 Å². The van der Waals surface area contributed by atoms with Gasteiger partial charge in [-0.05, 0) is 31.0 Å². The van der Waals surface area contributed by atoms with Crippen molar-refractivity contribution in [3.63, 3.8) is 0 Å². The van der Waals surface area contributed by atoms with E-state index in [1.807, 2.05) is 12.3 Å². The smallest absolute Gasteiger partial charge is 0.0735 e. The van der Waals surface area contributed by atoms with E-state index in [9.17, 15) is 0 Å². The molecule has 0 bridgehead atoms. The average molecular weight is 222 g/mol. The largest absolute Gasteiger partial charge is 0.383 e. The summed E-state index contributed by atoms with van der Waals surface area (Å²) in [6, 6.07) is 4.34. The van der Waals surface area contributed by atoms with Crippen LogP contribution in [0.2, 0.25) is 0 Å². The topological polar surface area (TPSA) is 34.1 Å².